The zero-order chi connectivity index (χ0) is 20.7. The predicted molar refractivity (Wildman–Crippen MR) is 119 cm³/mol. The molecule has 2 heterocycles. The van der Waals surface area contributed by atoms with Crippen LogP contribution in [0, 0.1) is 12.7 Å². The summed E-state index contributed by atoms with van der Waals surface area (Å²) in [6, 6.07) is 23.2. The molecule has 0 radical (unpaired) electrons. The van der Waals surface area contributed by atoms with Crippen molar-refractivity contribution in [2.45, 2.75) is 20.1 Å². The van der Waals surface area contributed by atoms with Gasteiger partial charge in [-0.3, -0.25) is 4.98 Å². The minimum Gasteiger partial charge on any atom is -0.392 e. The van der Waals surface area contributed by atoms with E-state index in [1.807, 2.05) is 31.2 Å². The van der Waals surface area contributed by atoms with E-state index < -0.39 is 0 Å². The van der Waals surface area contributed by atoms with Gasteiger partial charge < -0.3 is 9.67 Å². The monoisotopic (exact) mass is 396 g/mol. The Hall–Kier alpha value is -3.50. The minimum absolute atomic E-state index is 0.0559. The second-order valence-corrected chi connectivity index (χ2v) is 7.56. The lowest BCUT2D eigenvalue weighted by atomic mass is 10.0. The van der Waals surface area contributed by atoms with Crippen LogP contribution in [0.4, 0.5) is 4.39 Å². The first-order valence-electron chi connectivity index (χ1n) is 9.97. The summed E-state index contributed by atoms with van der Waals surface area (Å²) in [5, 5.41) is 13.4. The Kier molecular flexibility index (Phi) is 4.57. The maximum Gasteiger partial charge on any atom is 0.123 e. The van der Waals surface area contributed by atoms with E-state index in [0.29, 0.717) is 6.54 Å². The highest BCUT2D eigenvalue weighted by Gasteiger charge is 2.18. The second kappa shape index (κ2) is 7.39. The molecule has 0 unspecified atom stereocenters. The van der Waals surface area contributed by atoms with E-state index in [9.17, 15) is 9.50 Å². The van der Waals surface area contributed by atoms with Crippen LogP contribution in [-0.2, 0) is 13.2 Å². The Bertz CT molecular complexity index is 1390. The summed E-state index contributed by atoms with van der Waals surface area (Å²) in [7, 11) is 0. The van der Waals surface area contributed by atoms with Crippen molar-refractivity contribution in [3.63, 3.8) is 0 Å². The molecule has 0 spiro atoms. The fourth-order valence-electron chi connectivity index (χ4n) is 4.26. The van der Waals surface area contributed by atoms with Gasteiger partial charge in [0, 0.05) is 34.9 Å². The molecule has 5 rings (SSSR count). The van der Waals surface area contributed by atoms with Gasteiger partial charge in [0.25, 0.3) is 0 Å². The number of aliphatic hydroxyl groups excluding tert-OH is 1. The lowest BCUT2D eigenvalue weighted by Gasteiger charge is -2.12. The van der Waals surface area contributed by atoms with Gasteiger partial charge in [-0.1, -0.05) is 48.5 Å². The van der Waals surface area contributed by atoms with Crippen LogP contribution in [-0.4, -0.2) is 14.7 Å². The maximum atomic E-state index is 13.8. The fourth-order valence-corrected chi connectivity index (χ4v) is 4.26. The number of hydrogen-bond donors (Lipinski definition) is 1. The number of halogens is 1. The molecular formula is C26H21FN2O. The highest BCUT2D eigenvalue weighted by atomic mass is 19.1. The van der Waals surface area contributed by atoms with E-state index in [4.69, 9.17) is 4.98 Å². The molecule has 148 valence electrons. The Morgan fingerprint density at radius 2 is 1.77 bits per heavy atom. The molecule has 4 heteroatoms. The molecule has 30 heavy (non-hydrogen) atoms. The van der Waals surface area contributed by atoms with Gasteiger partial charge in [0.05, 0.1) is 17.8 Å². The molecular weight excluding hydrogens is 375 g/mol. The molecule has 2 aromatic heterocycles. The Morgan fingerprint density at radius 1 is 0.933 bits per heavy atom. The summed E-state index contributed by atoms with van der Waals surface area (Å²) in [5.41, 5.74) is 5.54. The molecule has 0 bridgehead atoms. The van der Waals surface area contributed by atoms with Crippen molar-refractivity contribution >= 4 is 21.7 Å². The summed E-state index contributed by atoms with van der Waals surface area (Å²) in [6.45, 7) is 2.45. The third-order valence-electron chi connectivity index (χ3n) is 5.77. The maximum absolute atomic E-state index is 13.8. The molecule has 0 saturated carbocycles. The molecule has 5 aromatic rings. The van der Waals surface area contributed by atoms with E-state index in [1.54, 1.807) is 18.3 Å². The highest BCUT2D eigenvalue weighted by Crippen LogP contribution is 2.34. The van der Waals surface area contributed by atoms with Gasteiger partial charge in [-0.15, -0.1) is 0 Å². The van der Waals surface area contributed by atoms with E-state index in [2.05, 4.69) is 34.9 Å². The van der Waals surface area contributed by atoms with Crippen LogP contribution >= 0.6 is 0 Å². The number of aliphatic hydroxyl groups is 1. The van der Waals surface area contributed by atoms with Crippen molar-refractivity contribution in [3.8, 4) is 11.3 Å². The van der Waals surface area contributed by atoms with Gasteiger partial charge in [-0.05, 0) is 47.5 Å². The van der Waals surface area contributed by atoms with Crippen molar-refractivity contribution < 1.29 is 9.50 Å². The normalized spacial score (nSPS) is 11.4. The fraction of sp³-hybridized carbons (Fsp3) is 0.115. The minimum atomic E-state index is -0.253. The molecule has 0 aliphatic heterocycles. The first kappa shape index (κ1) is 18.5. The van der Waals surface area contributed by atoms with Gasteiger partial charge in [0.1, 0.15) is 5.82 Å². The van der Waals surface area contributed by atoms with E-state index in [-0.39, 0.29) is 12.4 Å². The third kappa shape index (κ3) is 3.06. The molecule has 1 N–H and O–H groups in total. The van der Waals surface area contributed by atoms with Crippen LogP contribution in [0.2, 0.25) is 0 Å². The molecule has 0 amide bonds. The molecule has 0 fully saturated rings. The van der Waals surface area contributed by atoms with E-state index >= 15 is 0 Å². The number of aromatic nitrogens is 2. The Morgan fingerprint density at radius 3 is 2.57 bits per heavy atom. The van der Waals surface area contributed by atoms with Crippen LogP contribution in [0.25, 0.3) is 32.9 Å². The first-order chi connectivity index (χ1) is 14.7. The van der Waals surface area contributed by atoms with Gasteiger partial charge in [0.15, 0.2) is 0 Å². The average Bonchev–Trinajstić information content (AvgIpc) is 3.04. The lowest BCUT2D eigenvalue weighted by molar-refractivity contribution is 0.282. The molecule has 0 aliphatic rings. The zero-order valence-corrected chi connectivity index (χ0v) is 16.6. The average molecular weight is 396 g/mol. The van der Waals surface area contributed by atoms with Crippen molar-refractivity contribution in [1.82, 2.24) is 9.55 Å². The van der Waals surface area contributed by atoms with Crippen molar-refractivity contribution in [2.24, 2.45) is 0 Å². The number of hydrogen-bond acceptors (Lipinski definition) is 2. The van der Waals surface area contributed by atoms with Crippen LogP contribution < -0.4 is 0 Å². The number of rotatable bonds is 4. The van der Waals surface area contributed by atoms with E-state index in [1.165, 1.54) is 11.5 Å². The van der Waals surface area contributed by atoms with Crippen LogP contribution in [0.5, 0.6) is 0 Å². The van der Waals surface area contributed by atoms with Crippen molar-refractivity contribution in [2.75, 3.05) is 0 Å². The molecule has 0 atom stereocenters. The number of fused-ring (bicyclic) bond motifs is 2. The quantitative estimate of drug-likeness (QED) is 0.414. The van der Waals surface area contributed by atoms with Crippen molar-refractivity contribution in [3.05, 3.63) is 102 Å². The number of pyridine rings is 1. The molecule has 0 saturated heterocycles. The molecule has 3 nitrogen and oxygen atoms in total. The zero-order valence-electron chi connectivity index (χ0n) is 16.6. The third-order valence-corrected chi connectivity index (χ3v) is 5.77. The molecule has 0 aliphatic carbocycles. The number of nitrogens with zero attached hydrogens (tertiary/aromatic N) is 2. The van der Waals surface area contributed by atoms with Gasteiger partial charge >= 0.3 is 0 Å². The Balaban J connectivity index is 1.76. The lowest BCUT2D eigenvalue weighted by Crippen LogP contribution is -2.04. The Labute approximate surface area is 174 Å². The number of benzene rings is 3. The smallest absolute Gasteiger partial charge is 0.123 e. The summed E-state index contributed by atoms with van der Waals surface area (Å²) in [6.07, 6.45) is 1.79. The van der Waals surface area contributed by atoms with Gasteiger partial charge in [0.2, 0.25) is 0 Å². The first-order valence-corrected chi connectivity index (χ1v) is 9.97. The van der Waals surface area contributed by atoms with Crippen LogP contribution in [0.3, 0.4) is 0 Å². The van der Waals surface area contributed by atoms with E-state index in [0.717, 1.165) is 44.4 Å². The van der Waals surface area contributed by atoms with Crippen molar-refractivity contribution in [1.29, 1.82) is 0 Å². The summed E-state index contributed by atoms with van der Waals surface area (Å²) in [4.78, 5) is 4.72. The highest BCUT2D eigenvalue weighted by molar-refractivity contribution is 5.98. The predicted octanol–water partition coefficient (Wildman–Crippen LogP) is 5.84. The summed E-state index contributed by atoms with van der Waals surface area (Å²) < 4.78 is 15.9. The van der Waals surface area contributed by atoms with Gasteiger partial charge in [-0.2, -0.15) is 0 Å². The van der Waals surface area contributed by atoms with Gasteiger partial charge in [-0.25, -0.2) is 4.39 Å². The van der Waals surface area contributed by atoms with Crippen LogP contribution in [0.1, 0.15) is 16.8 Å². The largest absolute Gasteiger partial charge is 0.392 e. The summed E-state index contributed by atoms with van der Waals surface area (Å²) in [5.74, 6) is -0.253. The summed E-state index contributed by atoms with van der Waals surface area (Å²) >= 11 is 0. The molecule has 3 aromatic carbocycles. The topological polar surface area (TPSA) is 38.1 Å². The standard InChI is InChI=1S/C26H21FN2O/c1-17-24(16-30)23-11-12-28-25(21-10-9-19-6-2-3-7-20(19)14-21)26(23)29(17)15-18-5-4-8-22(27)13-18/h2-14,30H,15-16H2,1H3. The SMILES string of the molecule is Cc1c(CO)c2ccnc(-c3ccc4ccccc4c3)c2n1Cc1cccc(F)c1. The second-order valence-electron chi connectivity index (χ2n) is 7.56. The van der Waals surface area contributed by atoms with Crippen LogP contribution in [0.15, 0.2) is 79.0 Å².